The highest BCUT2D eigenvalue weighted by molar-refractivity contribution is 5.27. The predicted molar refractivity (Wildman–Crippen MR) is 88.0 cm³/mol. The molecule has 2 rings (SSSR count). The van der Waals surface area contributed by atoms with Gasteiger partial charge in [0.15, 0.2) is 0 Å². The van der Waals surface area contributed by atoms with Crippen molar-refractivity contribution in [1.29, 1.82) is 0 Å². The van der Waals surface area contributed by atoms with Gasteiger partial charge < -0.3 is 14.9 Å². The number of hydrogen-bond acceptors (Lipinski definition) is 4. The second-order valence-electron chi connectivity index (χ2n) is 6.18. The molecule has 2 atom stereocenters. The van der Waals surface area contributed by atoms with Crippen molar-refractivity contribution in [3.63, 3.8) is 0 Å². The van der Waals surface area contributed by atoms with Crippen LogP contribution in [0.1, 0.15) is 44.6 Å². The van der Waals surface area contributed by atoms with E-state index >= 15 is 0 Å². The summed E-state index contributed by atoms with van der Waals surface area (Å²) in [5.74, 6) is 0.924. The second kappa shape index (κ2) is 9.13. The number of ether oxygens (including phenoxy) is 1. The third-order valence-electron chi connectivity index (χ3n) is 4.35. The van der Waals surface area contributed by atoms with Crippen LogP contribution in [-0.2, 0) is 6.54 Å². The van der Waals surface area contributed by atoms with Crippen molar-refractivity contribution in [1.82, 2.24) is 4.90 Å². The van der Waals surface area contributed by atoms with Gasteiger partial charge in [-0.25, -0.2) is 0 Å². The molecule has 1 aromatic carbocycles. The Morgan fingerprint density at radius 1 is 1.23 bits per heavy atom. The molecule has 124 valence electrons. The first-order chi connectivity index (χ1) is 10.7. The maximum Gasteiger partial charge on any atom is 0.119 e. The topological polar surface area (TPSA) is 52.9 Å². The molecule has 22 heavy (non-hydrogen) atoms. The third-order valence-corrected chi connectivity index (χ3v) is 4.35. The van der Waals surface area contributed by atoms with Gasteiger partial charge in [0.1, 0.15) is 5.75 Å². The third kappa shape index (κ3) is 5.27. The van der Waals surface area contributed by atoms with Crippen molar-refractivity contribution in [2.45, 2.75) is 57.7 Å². The van der Waals surface area contributed by atoms with Crippen LogP contribution in [0.25, 0.3) is 0 Å². The van der Waals surface area contributed by atoms with Gasteiger partial charge >= 0.3 is 0 Å². The lowest BCUT2D eigenvalue weighted by Gasteiger charge is -2.36. The van der Waals surface area contributed by atoms with Crippen molar-refractivity contribution >= 4 is 0 Å². The van der Waals surface area contributed by atoms with E-state index in [9.17, 15) is 10.2 Å². The van der Waals surface area contributed by atoms with Gasteiger partial charge in [-0.05, 0) is 37.0 Å². The smallest absolute Gasteiger partial charge is 0.119 e. The number of benzene rings is 1. The summed E-state index contributed by atoms with van der Waals surface area (Å²) < 4.78 is 5.72. The van der Waals surface area contributed by atoms with Crippen LogP contribution in [0, 0.1) is 0 Å². The summed E-state index contributed by atoms with van der Waals surface area (Å²) in [4.78, 5) is 2.25. The van der Waals surface area contributed by atoms with Crippen LogP contribution >= 0.6 is 0 Å². The number of aliphatic hydroxyl groups excluding tert-OH is 2. The number of aliphatic hydroxyl groups is 2. The van der Waals surface area contributed by atoms with Crippen LogP contribution in [0.3, 0.4) is 0 Å². The molecule has 1 heterocycles. The molecule has 0 bridgehead atoms. The van der Waals surface area contributed by atoms with Gasteiger partial charge in [-0.3, -0.25) is 4.90 Å². The number of likely N-dealkylation sites (tertiary alicyclic amines) is 1. The van der Waals surface area contributed by atoms with Crippen LogP contribution in [0.15, 0.2) is 24.3 Å². The van der Waals surface area contributed by atoms with E-state index in [-0.39, 0.29) is 18.8 Å². The van der Waals surface area contributed by atoms with Crippen molar-refractivity contribution in [2.75, 3.05) is 19.8 Å². The molecule has 4 nitrogen and oxygen atoms in total. The largest absolute Gasteiger partial charge is 0.494 e. The van der Waals surface area contributed by atoms with Crippen LogP contribution in [0.4, 0.5) is 0 Å². The van der Waals surface area contributed by atoms with Crippen LogP contribution in [0.2, 0.25) is 0 Å². The molecule has 0 aromatic heterocycles. The van der Waals surface area contributed by atoms with E-state index in [0.29, 0.717) is 6.42 Å². The van der Waals surface area contributed by atoms with Crippen molar-refractivity contribution in [3.8, 4) is 5.75 Å². The molecule has 2 N–H and O–H groups in total. The summed E-state index contributed by atoms with van der Waals surface area (Å²) in [6.07, 6.45) is 4.70. The summed E-state index contributed by atoms with van der Waals surface area (Å²) in [7, 11) is 0. The van der Waals surface area contributed by atoms with Gasteiger partial charge in [-0.15, -0.1) is 0 Å². The monoisotopic (exact) mass is 307 g/mol. The molecule has 1 aliphatic rings. The summed E-state index contributed by atoms with van der Waals surface area (Å²) in [6, 6.07) is 8.29. The number of piperidine rings is 1. The molecular formula is C18H29NO3. The van der Waals surface area contributed by atoms with Crippen molar-refractivity contribution < 1.29 is 14.9 Å². The number of hydrogen-bond donors (Lipinski definition) is 2. The van der Waals surface area contributed by atoms with Gasteiger partial charge in [-0.2, -0.15) is 0 Å². The molecule has 1 saturated heterocycles. The zero-order valence-electron chi connectivity index (χ0n) is 13.6. The Morgan fingerprint density at radius 3 is 2.68 bits per heavy atom. The minimum atomic E-state index is -0.271. The summed E-state index contributed by atoms with van der Waals surface area (Å²) >= 11 is 0. The SMILES string of the molecule is CCCCCOc1ccc(CN2CCC(O)CC2CO)cc1. The van der Waals surface area contributed by atoms with E-state index in [4.69, 9.17) is 4.74 Å². The molecule has 0 spiro atoms. The standard InChI is InChI=1S/C18H29NO3/c1-2-3-4-11-22-18-7-5-15(6-8-18)13-19-10-9-17(21)12-16(19)14-20/h5-8,16-17,20-21H,2-4,9-14H2,1H3. The van der Waals surface area contributed by atoms with Gasteiger partial charge in [0.2, 0.25) is 0 Å². The Labute approximate surface area is 133 Å². The van der Waals surface area contributed by atoms with Crippen molar-refractivity contribution in [2.24, 2.45) is 0 Å². The number of rotatable bonds is 8. The van der Waals surface area contributed by atoms with Gasteiger partial charge in [0.25, 0.3) is 0 Å². The van der Waals surface area contributed by atoms with Gasteiger partial charge in [0, 0.05) is 19.1 Å². The fourth-order valence-electron chi connectivity index (χ4n) is 2.94. The highest BCUT2D eigenvalue weighted by atomic mass is 16.5. The molecule has 0 amide bonds. The van der Waals surface area contributed by atoms with E-state index < -0.39 is 0 Å². The first-order valence-electron chi connectivity index (χ1n) is 8.47. The zero-order chi connectivity index (χ0) is 15.8. The van der Waals surface area contributed by atoms with E-state index in [0.717, 1.165) is 38.3 Å². The minimum absolute atomic E-state index is 0.0636. The maximum atomic E-state index is 9.70. The van der Waals surface area contributed by atoms with Crippen LogP contribution < -0.4 is 4.74 Å². The zero-order valence-corrected chi connectivity index (χ0v) is 13.6. The molecular weight excluding hydrogens is 278 g/mol. The molecule has 0 radical (unpaired) electrons. The Hall–Kier alpha value is -1.10. The Balaban J connectivity index is 1.82. The Kier molecular flexibility index (Phi) is 7.16. The lowest BCUT2D eigenvalue weighted by atomic mass is 9.99. The summed E-state index contributed by atoms with van der Waals surface area (Å²) in [5.41, 5.74) is 1.22. The van der Waals surface area contributed by atoms with E-state index in [1.807, 2.05) is 12.1 Å². The molecule has 2 unspecified atom stereocenters. The van der Waals surface area contributed by atoms with Crippen molar-refractivity contribution in [3.05, 3.63) is 29.8 Å². The quantitative estimate of drug-likeness (QED) is 0.725. The Bertz CT molecular complexity index is 421. The van der Waals surface area contributed by atoms with Crippen LogP contribution in [-0.4, -0.2) is 47.0 Å². The first-order valence-corrected chi connectivity index (χ1v) is 8.47. The molecule has 1 aliphatic heterocycles. The molecule has 1 aromatic rings. The highest BCUT2D eigenvalue weighted by Crippen LogP contribution is 2.21. The average molecular weight is 307 g/mol. The lowest BCUT2D eigenvalue weighted by molar-refractivity contribution is 0.0129. The van der Waals surface area contributed by atoms with Gasteiger partial charge in [-0.1, -0.05) is 31.9 Å². The fourth-order valence-corrected chi connectivity index (χ4v) is 2.94. The summed E-state index contributed by atoms with van der Waals surface area (Å²) in [5, 5.41) is 19.2. The van der Waals surface area contributed by atoms with E-state index in [1.54, 1.807) is 0 Å². The lowest BCUT2D eigenvalue weighted by Crippen LogP contribution is -2.45. The molecule has 0 saturated carbocycles. The average Bonchev–Trinajstić information content (AvgIpc) is 2.54. The number of unbranched alkanes of at least 4 members (excludes halogenated alkanes) is 2. The molecule has 1 fully saturated rings. The molecule has 4 heteroatoms. The fraction of sp³-hybridized carbons (Fsp3) is 0.667. The summed E-state index contributed by atoms with van der Waals surface area (Å²) in [6.45, 7) is 4.73. The number of nitrogens with zero attached hydrogens (tertiary/aromatic N) is 1. The first kappa shape index (κ1) is 17.3. The Morgan fingerprint density at radius 2 is 2.00 bits per heavy atom. The second-order valence-corrected chi connectivity index (χ2v) is 6.18. The van der Waals surface area contributed by atoms with Crippen LogP contribution in [0.5, 0.6) is 5.75 Å². The van der Waals surface area contributed by atoms with E-state index in [2.05, 4.69) is 24.0 Å². The maximum absolute atomic E-state index is 9.70. The van der Waals surface area contributed by atoms with Gasteiger partial charge in [0.05, 0.1) is 19.3 Å². The highest BCUT2D eigenvalue weighted by Gasteiger charge is 2.26. The van der Waals surface area contributed by atoms with E-state index in [1.165, 1.54) is 18.4 Å². The molecule has 0 aliphatic carbocycles. The minimum Gasteiger partial charge on any atom is -0.494 e. The predicted octanol–water partition coefficient (Wildman–Crippen LogP) is 2.57. The normalized spacial score (nSPS) is 22.7.